The van der Waals surface area contributed by atoms with E-state index in [0.717, 1.165) is 44.8 Å². The lowest BCUT2D eigenvalue weighted by molar-refractivity contribution is -0.139. The summed E-state index contributed by atoms with van der Waals surface area (Å²) >= 11 is 0. The highest BCUT2D eigenvalue weighted by Crippen LogP contribution is 2.28. The Morgan fingerprint density at radius 1 is 1.42 bits per heavy atom. The summed E-state index contributed by atoms with van der Waals surface area (Å²) in [5.74, 6) is 2.00. The SMILES string of the molecule is Cc1nccn1CCN1C(=O)CCC2CNCCC21. The monoisotopic (exact) mass is 262 g/mol. The number of piperidine rings is 2. The van der Waals surface area contributed by atoms with Crippen LogP contribution in [-0.4, -0.2) is 46.0 Å². The number of aromatic nitrogens is 2. The molecule has 2 atom stereocenters. The van der Waals surface area contributed by atoms with Crippen LogP contribution in [0.3, 0.4) is 0 Å². The van der Waals surface area contributed by atoms with Crippen LogP contribution >= 0.6 is 0 Å². The zero-order chi connectivity index (χ0) is 13.2. The van der Waals surface area contributed by atoms with E-state index in [1.807, 2.05) is 19.3 Å². The standard InChI is InChI=1S/C14H22N4O/c1-11-16-6-7-17(11)8-9-18-13-4-5-15-10-12(13)2-3-14(18)19/h6-7,12-13,15H,2-5,8-10H2,1H3. The highest BCUT2D eigenvalue weighted by atomic mass is 16.2. The Morgan fingerprint density at radius 3 is 3.11 bits per heavy atom. The maximum Gasteiger partial charge on any atom is 0.222 e. The minimum Gasteiger partial charge on any atom is -0.338 e. The summed E-state index contributed by atoms with van der Waals surface area (Å²) < 4.78 is 2.12. The number of nitrogens with zero attached hydrogens (tertiary/aromatic N) is 3. The largest absolute Gasteiger partial charge is 0.338 e. The van der Waals surface area contributed by atoms with Crippen molar-refractivity contribution in [1.82, 2.24) is 19.8 Å². The number of carbonyl (C=O) groups excluding carboxylic acids is 1. The molecular formula is C14H22N4O. The Balaban J connectivity index is 1.67. The van der Waals surface area contributed by atoms with Gasteiger partial charge in [0.15, 0.2) is 0 Å². The van der Waals surface area contributed by atoms with Crippen molar-refractivity contribution in [3.8, 4) is 0 Å². The predicted molar refractivity (Wildman–Crippen MR) is 72.7 cm³/mol. The summed E-state index contributed by atoms with van der Waals surface area (Å²) in [4.78, 5) is 18.5. The molecule has 2 unspecified atom stereocenters. The van der Waals surface area contributed by atoms with Crippen LogP contribution in [-0.2, 0) is 11.3 Å². The third kappa shape index (κ3) is 2.52. The number of amides is 1. The minimum atomic E-state index is 0.334. The van der Waals surface area contributed by atoms with Gasteiger partial charge in [-0.2, -0.15) is 0 Å². The predicted octanol–water partition coefficient (Wildman–Crippen LogP) is 0.792. The molecule has 2 aliphatic heterocycles. The molecule has 1 aromatic rings. The molecule has 2 saturated heterocycles. The Bertz CT molecular complexity index is 456. The summed E-state index contributed by atoms with van der Waals surface area (Å²) in [6.45, 7) is 5.78. The third-order valence-electron chi connectivity index (χ3n) is 4.52. The summed E-state index contributed by atoms with van der Waals surface area (Å²) in [6, 6.07) is 0.450. The molecule has 5 nitrogen and oxygen atoms in total. The zero-order valence-electron chi connectivity index (χ0n) is 11.5. The topological polar surface area (TPSA) is 50.2 Å². The van der Waals surface area contributed by atoms with Gasteiger partial charge in [-0.3, -0.25) is 4.79 Å². The number of likely N-dealkylation sites (tertiary alicyclic amines) is 1. The molecular weight excluding hydrogens is 240 g/mol. The molecule has 0 radical (unpaired) electrons. The number of fused-ring (bicyclic) bond motifs is 1. The first-order valence-electron chi connectivity index (χ1n) is 7.23. The molecule has 2 fully saturated rings. The Labute approximate surface area is 114 Å². The van der Waals surface area contributed by atoms with Crippen molar-refractivity contribution in [2.45, 2.75) is 38.8 Å². The van der Waals surface area contributed by atoms with E-state index in [2.05, 4.69) is 19.8 Å². The van der Waals surface area contributed by atoms with E-state index >= 15 is 0 Å². The van der Waals surface area contributed by atoms with Gasteiger partial charge in [0.1, 0.15) is 5.82 Å². The molecule has 104 valence electrons. The zero-order valence-corrected chi connectivity index (χ0v) is 11.5. The molecule has 0 aromatic carbocycles. The molecule has 1 aromatic heterocycles. The van der Waals surface area contributed by atoms with Crippen molar-refractivity contribution in [2.75, 3.05) is 19.6 Å². The highest BCUT2D eigenvalue weighted by Gasteiger charge is 2.36. The second-order valence-electron chi connectivity index (χ2n) is 5.61. The van der Waals surface area contributed by atoms with Gasteiger partial charge in [0.2, 0.25) is 5.91 Å². The van der Waals surface area contributed by atoms with Gasteiger partial charge in [-0.15, -0.1) is 0 Å². The Morgan fingerprint density at radius 2 is 2.32 bits per heavy atom. The van der Waals surface area contributed by atoms with E-state index < -0.39 is 0 Å². The lowest BCUT2D eigenvalue weighted by atomic mass is 9.84. The van der Waals surface area contributed by atoms with Crippen LogP contribution in [0.25, 0.3) is 0 Å². The fraction of sp³-hybridized carbons (Fsp3) is 0.714. The van der Waals surface area contributed by atoms with Crippen molar-refractivity contribution in [3.05, 3.63) is 18.2 Å². The van der Waals surface area contributed by atoms with Crippen LogP contribution in [0.1, 0.15) is 25.1 Å². The summed E-state index contributed by atoms with van der Waals surface area (Å²) in [6.07, 6.45) is 6.67. The van der Waals surface area contributed by atoms with Crippen LogP contribution in [0.4, 0.5) is 0 Å². The average Bonchev–Trinajstić information content (AvgIpc) is 2.83. The molecule has 0 spiro atoms. The van der Waals surface area contributed by atoms with Crippen molar-refractivity contribution in [1.29, 1.82) is 0 Å². The molecule has 19 heavy (non-hydrogen) atoms. The van der Waals surface area contributed by atoms with Crippen molar-refractivity contribution in [3.63, 3.8) is 0 Å². The summed E-state index contributed by atoms with van der Waals surface area (Å²) in [5.41, 5.74) is 0. The minimum absolute atomic E-state index is 0.334. The Hall–Kier alpha value is -1.36. The maximum absolute atomic E-state index is 12.2. The molecule has 0 bridgehead atoms. The van der Waals surface area contributed by atoms with Gasteiger partial charge >= 0.3 is 0 Å². The normalized spacial score (nSPS) is 27.4. The van der Waals surface area contributed by atoms with Gasteiger partial charge in [0.05, 0.1) is 0 Å². The second kappa shape index (κ2) is 5.33. The first-order valence-corrected chi connectivity index (χ1v) is 7.23. The van der Waals surface area contributed by atoms with Crippen LogP contribution < -0.4 is 5.32 Å². The average molecular weight is 262 g/mol. The molecule has 0 aliphatic carbocycles. The van der Waals surface area contributed by atoms with Crippen LogP contribution in [0.5, 0.6) is 0 Å². The quantitative estimate of drug-likeness (QED) is 0.876. The molecule has 3 heterocycles. The smallest absolute Gasteiger partial charge is 0.222 e. The number of aryl methyl sites for hydroxylation is 1. The first-order chi connectivity index (χ1) is 9.25. The maximum atomic E-state index is 12.2. The number of rotatable bonds is 3. The molecule has 2 aliphatic rings. The third-order valence-corrected chi connectivity index (χ3v) is 4.52. The van der Waals surface area contributed by atoms with Gasteiger partial charge in [-0.05, 0) is 38.8 Å². The fourth-order valence-corrected chi connectivity index (χ4v) is 3.40. The number of hydrogen-bond acceptors (Lipinski definition) is 3. The van der Waals surface area contributed by atoms with E-state index in [4.69, 9.17) is 0 Å². The lowest BCUT2D eigenvalue weighted by Gasteiger charge is -2.44. The van der Waals surface area contributed by atoms with Crippen LogP contribution in [0.15, 0.2) is 12.4 Å². The molecule has 1 amide bonds. The van der Waals surface area contributed by atoms with E-state index in [1.54, 1.807) is 0 Å². The van der Waals surface area contributed by atoms with Crippen molar-refractivity contribution in [2.24, 2.45) is 5.92 Å². The van der Waals surface area contributed by atoms with Gasteiger partial charge in [-0.1, -0.05) is 0 Å². The molecule has 3 rings (SSSR count). The van der Waals surface area contributed by atoms with Crippen molar-refractivity contribution >= 4 is 5.91 Å². The second-order valence-corrected chi connectivity index (χ2v) is 5.61. The molecule has 5 heteroatoms. The van der Waals surface area contributed by atoms with Gasteiger partial charge < -0.3 is 14.8 Å². The number of nitrogens with one attached hydrogen (secondary N) is 1. The van der Waals surface area contributed by atoms with E-state index in [-0.39, 0.29) is 0 Å². The van der Waals surface area contributed by atoms with E-state index in [1.165, 1.54) is 0 Å². The first kappa shape index (κ1) is 12.7. The summed E-state index contributed by atoms with van der Waals surface area (Å²) in [7, 11) is 0. The molecule has 1 N–H and O–H groups in total. The van der Waals surface area contributed by atoms with Crippen LogP contribution in [0, 0.1) is 12.8 Å². The van der Waals surface area contributed by atoms with Gasteiger partial charge in [0, 0.05) is 37.9 Å². The highest BCUT2D eigenvalue weighted by molar-refractivity contribution is 5.77. The van der Waals surface area contributed by atoms with Gasteiger partial charge in [-0.25, -0.2) is 4.98 Å². The van der Waals surface area contributed by atoms with Crippen molar-refractivity contribution < 1.29 is 4.79 Å². The van der Waals surface area contributed by atoms with E-state index in [0.29, 0.717) is 24.3 Å². The lowest BCUT2D eigenvalue weighted by Crippen LogP contribution is -2.55. The van der Waals surface area contributed by atoms with Crippen LogP contribution in [0.2, 0.25) is 0 Å². The van der Waals surface area contributed by atoms with Gasteiger partial charge in [0.25, 0.3) is 0 Å². The fourth-order valence-electron chi connectivity index (χ4n) is 3.40. The summed E-state index contributed by atoms with van der Waals surface area (Å²) in [5, 5.41) is 3.44. The Kier molecular flexibility index (Phi) is 3.55. The number of imidazole rings is 1. The van der Waals surface area contributed by atoms with E-state index in [9.17, 15) is 4.79 Å². The molecule has 0 saturated carbocycles. The number of hydrogen-bond donors (Lipinski definition) is 1. The number of carbonyl (C=O) groups is 1.